The molecule has 0 saturated carbocycles. The highest BCUT2D eigenvalue weighted by atomic mass is 127. The van der Waals surface area contributed by atoms with Gasteiger partial charge in [-0.25, -0.2) is 0 Å². The van der Waals surface area contributed by atoms with Crippen molar-refractivity contribution < 1.29 is 9.15 Å². The fourth-order valence-electron chi connectivity index (χ4n) is 2.93. The maximum Gasteiger partial charge on any atom is 0.191 e. The molecular weight excluding hydrogens is 455 g/mol. The molecule has 2 rings (SSSR count). The van der Waals surface area contributed by atoms with Crippen molar-refractivity contribution in [1.82, 2.24) is 15.5 Å². The summed E-state index contributed by atoms with van der Waals surface area (Å²) in [6.45, 7) is 13.1. The van der Waals surface area contributed by atoms with Crippen LogP contribution >= 0.6 is 24.0 Å². The molecule has 1 aromatic heterocycles. The van der Waals surface area contributed by atoms with Crippen molar-refractivity contribution in [2.75, 3.05) is 45.9 Å². The van der Waals surface area contributed by atoms with Crippen molar-refractivity contribution in [1.29, 1.82) is 0 Å². The number of guanidine groups is 1. The number of nitrogens with one attached hydrogen (secondary N) is 2. The van der Waals surface area contributed by atoms with Crippen molar-refractivity contribution in [3.63, 3.8) is 0 Å². The van der Waals surface area contributed by atoms with Crippen LogP contribution in [-0.4, -0.2) is 62.8 Å². The Hall–Kier alpha value is -0.800. The molecule has 156 valence electrons. The van der Waals surface area contributed by atoms with E-state index in [1.807, 2.05) is 12.1 Å². The molecule has 7 heteroatoms. The number of hydrogen-bond donors (Lipinski definition) is 2. The molecule has 0 aliphatic carbocycles. The highest BCUT2D eigenvalue weighted by Crippen LogP contribution is 2.06. The van der Waals surface area contributed by atoms with Crippen LogP contribution in [-0.2, 0) is 11.2 Å². The number of rotatable bonds is 10. The van der Waals surface area contributed by atoms with Gasteiger partial charge in [0.15, 0.2) is 5.96 Å². The van der Waals surface area contributed by atoms with Gasteiger partial charge < -0.3 is 19.8 Å². The summed E-state index contributed by atoms with van der Waals surface area (Å²) in [6.07, 6.45) is 4.96. The highest BCUT2D eigenvalue weighted by molar-refractivity contribution is 14.0. The molecule has 1 aliphatic heterocycles. The number of ether oxygens (including phenoxy) is 1. The molecule has 0 radical (unpaired) electrons. The van der Waals surface area contributed by atoms with Crippen LogP contribution in [0.5, 0.6) is 0 Å². The maximum absolute atomic E-state index is 5.40. The largest absolute Gasteiger partial charge is 0.469 e. The van der Waals surface area contributed by atoms with Gasteiger partial charge in [0.2, 0.25) is 0 Å². The lowest BCUT2D eigenvalue weighted by atomic mass is 10.0. The summed E-state index contributed by atoms with van der Waals surface area (Å²) in [5.41, 5.74) is 0. The van der Waals surface area contributed by atoms with Crippen molar-refractivity contribution >= 4 is 29.9 Å². The normalized spacial score (nSPS) is 16.8. The summed E-state index contributed by atoms with van der Waals surface area (Å²) in [5, 5.41) is 7.01. The lowest BCUT2D eigenvalue weighted by molar-refractivity contribution is 0.0394. The van der Waals surface area contributed by atoms with E-state index in [0.29, 0.717) is 6.04 Å². The molecule has 0 spiro atoms. The van der Waals surface area contributed by atoms with E-state index in [1.165, 1.54) is 6.42 Å². The molecule has 27 heavy (non-hydrogen) atoms. The zero-order valence-electron chi connectivity index (χ0n) is 17.1. The van der Waals surface area contributed by atoms with Gasteiger partial charge in [-0.15, -0.1) is 24.0 Å². The van der Waals surface area contributed by atoms with Gasteiger partial charge in [0.05, 0.1) is 26.0 Å². The van der Waals surface area contributed by atoms with Crippen molar-refractivity contribution in [3.8, 4) is 0 Å². The Balaban J connectivity index is 0.00000364. The molecule has 6 nitrogen and oxygen atoms in total. The van der Waals surface area contributed by atoms with Crippen molar-refractivity contribution in [3.05, 3.63) is 24.2 Å². The second-order valence-electron chi connectivity index (χ2n) is 7.46. The summed E-state index contributed by atoms with van der Waals surface area (Å²) in [4.78, 5) is 7.20. The average molecular weight is 492 g/mol. The standard InChI is InChI=1S/C20H36N4O2.HI/c1-17(2)6-7-18(3)23-20(21-9-8-19-5-4-14-26-19)22-10-11-24-12-15-25-16-13-24;/h4-5,14,17-18H,6-13,15-16H2,1-3H3,(H2,21,22,23);1H. The molecule has 0 aromatic carbocycles. The molecule has 1 atom stereocenters. The predicted octanol–water partition coefficient (Wildman–Crippen LogP) is 3.13. The zero-order valence-corrected chi connectivity index (χ0v) is 19.4. The number of nitrogens with zero attached hydrogens (tertiary/aromatic N) is 2. The Morgan fingerprint density at radius 2 is 2.00 bits per heavy atom. The summed E-state index contributed by atoms with van der Waals surface area (Å²) in [5.74, 6) is 2.63. The van der Waals surface area contributed by atoms with E-state index in [1.54, 1.807) is 6.26 Å². The van der Waals surface area contributed by atoms with Gasteiger partial charge in [-0.2, -0.15) is 0 Å². The third-order valence-electron chi connectivity index (χ3n) is 4.59. The molecular formula is C20H37IN4O2. The second kappa shape index (κ2) is 14.2. The van der Waals surface area contributed by atoms with E-state index in [2.05, 4.69) is 36.3 Å². The Morgan fingerprint density at radius 3 is 2.67 bits per heavy atom. The van der Waals surface area contributed by atoms with Crippen LogP contribution in [0, 0.1) is 5.92 Å². The smallest absolute Gasteiger partial charge is 0.191 e. The van der Waals surface area contributed by atoms with Crippen LogP contribution in [0.15, 0.2) is 27.8 Å². The number of morpholine rings is 1. The summed E-state index contributed by atoms with van der Waals surface area (Å²) in [6, 6.07) is 4.35. The summed E-state index contributed by atoms with van der Waals surface area (Å²) < 4.78 is 10.8. The number of hydrogen-bond acceptors (Lipinski definition) is 4. The first-order valence-corrected chi connectivity index (χ1v) is 10.0. The Kier molecular flexibility index (Phi) is 12.8. The predicted molar refractivity (Wildman–Crippen MR) is 122 cm³/mol. The Morgan fingerprint density at radius 1 is 1.22 bits per heavy atom. The highest BCUT2D eigenvalue weighted by Gasteiger charge is 2.10. The number of halogens is 1. The minimum Gasteiger partial charge on any atom is -0.469 e. The van der Waals surface area contributed by atoms with E-state index < -0.39 is 0 Å². The fraction of sp³-hybridized carbons (Fsp3) is 0.750. The SMILES string of the molecule is CC(C)CCC(C)NC(=NCCN1CCOCC1)NCCc1ccco1.I. The van der Waals surface area contributed by atoms with Gasteiger partial charge in [-0.05, 0) is 37.8 Å². The van der Waals surface area contributed by atoms with Crippen LogP contribution in [0.4, 0.5) is 0 Å². The summed E-state index contributed by atoms with van der Waals surface area (Å²) >= 11 is 0. The molecule has 0 amide bonds. The molecule has 1 saturated heterocycles. The average Bonchev–Trinajstić information content (AvgIpc) is 3.14. The first-order valence-electron chi connectivity index (χ1n) is 10.0. The van der Waals surface area contributed by atoms with E-state index >= 15 is 0 Å². The van der Waals surface area contributed by atoms with Crippen LogP contribution in [0.2, 0.25) is 0 Å². The fourth-order valence-corrected chi connectivity index (χ4v) is 2.93. The number of furan rings is 1. The van der Waals surface area contributed by atoms with Gasteiger partial charge in [0.25, 0.3) is 0 Å². The molecule has 1 unspecified atom stereocenters. The van der Waals surface area contributed by atoms with E-state index in [9.17, 15) is 0 Å². The maximum atomic E-state index is 5.40. The lowest BCUT2D eigenvalue weighted by Crippen LogP contribution is -2.44. The topological polar surface area (TPSA) is 62.0 Å². The van der Waals surface area contributed by atoms with Crippen LogP contribution in [0.3, 0.4) is 0 Å². The Labute approximate surface area is 181 Å². The third-order valence-corrected chi connectivity index (χ3v) is 4.59. The lowest BCUT2D eigenvalue weighted by Gasteiger charge is -2.26. The first kappa shape index (κ1) is 24.2. The minimum absolute atomic E-state index is 0. The van der Waals surface area contributed by atoms with Crippen LogP contribution in [0.25, 0.3) is 0 Å². The molecule has 1 aliphatic rings. The number of aliphatic imine (C=N–C) groups is 1. The zero-order chi connectivity index (χ0) is 18.6. The van der Waals surface area contributed by atoms with Gasteiger partial charge in [-0.1, -0.05) is 13.8 Å². The molecule has 2 heterocycles. The van der Waals surface area contributed by atoms with E-state index in [-0.39, 0.29) is 24.0 Å². The minimum atomic E-state index is 0. The Bertz CT molecular complexity index is 502. The molecule has 0 bridgehead atoms. The first-order chi connectivity index (χ1) is 12.6. The van der Waals surface area contributed by atoms with Gasteiger partial charge in [0.1, 0.15) is 5.76 Å². The van der Waals surface area contributed by atoms with Crippen LogP contribution < -0.4 is 10.6 Å². The monoisotopic (exact) mass is 492 g/mol. The molecule has 1 aromatic rings. The molecule has 2 N–H and O–H groups in total. The molecule has 1 fully saturated rings. The summed E-state index contributed by atoms with van der Waals surface area (Å²) in [7, 11) is 0. The van der Waals surface area contributed by atoms with Crippen molar-refractivity contribution in [2.45, 2.75) is 46.1 Å². The van der Waals surface area contributed by atoms with Crippen LogP contribution in [0.1, 0.15) is 39.4 Å². The van der Waals surface area contributed by atoms with Gasteiger partial charge >= 0.3 is 0 Å². The van der Waals surface area contributed by atoms with Crippen molar-refractivity contribution in [2.24, 2.45) is 10.9 Å². The van der Waals surface area contributed by atoms with Gasteiger partial charge in [-0.3, -0.25) is 9.89 Å². The van der Waals surface area contributed by atoms with Gasteiger partial charge in [0, 0.05) is 38.6 Å². The van der Waals surface area contributed by atoms with E-state index in [4.69, 9.17) is 14.1 Å². The third kappa shape index (κ3) is 10.9. The quantitative estimate of drug-likeness (QED) is 0.299. The second-order valence-corrected chi connectivity index (χ2v) is 7.46. The van der Waals surface area contributed by atoms with E-state index in [0.717, 1.165) is 76.4 Å².